The van der Waals surface area contributed by atoms with Crippen LogP contribution in [0, 0.1) is 11.6 Å². The van der Waals surface area contributed by atoms with Crippen LogP contribution in [0.1, 0.15) is 17.2 Å². The zero-order chi connectivity index (χ0) is 15.1. The smallest absolute Gasteiger partial charge is 0.248 e. The van der Waals surface area contributed by atoms with Crippen molar-refractivity contribution in [1.29, 1.82) is 0 Å². The van der Waals surface area contributed by atoms with E-state index < -0.39 is 17.7 Å². The van der Waals surface area contributed by atoms with Gasteiger partial charge in [-0.2, -0.15) is 0 Å². The summed E-state index contributed by atoms with van der Waals surface area (Å²) in [6, 6.07) is 8.40. The van der Waals surface area contributed by atoms with Crippen LogP contribution in [0.3, 0.4) is 0 Å². The maximum atomic E-state index is 13.8. The molecule has 108 valence electrons. The number of nitrogens with two attached hydrogens (primary N) is 1. The van der Waals surface area contributed by atoms with E-state index in [1.165, 1.54) is 17.0 Å². The van der Waals surface area contributed by atoms with Gasteiger partial charge in [0.1, 0.15) is 6.04 Å². The molecule has 1 aliphatic rings. The zero-order valence-corrected chi connectivity index (χ0v) is 12.4. The summed E-state index contributed by atoms with van der Waals surface area (Å²) >= 11 is 3.36. The molecule has 0 saturated heterocycles. The van der Waals surface area contributed by atoms with Gasteiger partial charge in [0.25, 0.3) is 0 Å². The standard InChI is InChI=1S/C15H11BrF2N2O/c16-9-4-2-6-11-12(9)14(19)15(21)20(11)7-8-3-1-5-10(17)13(8)18/h1-6,14H,7,19H2. The highest BCUT2D eigenvalue weighted by atomic mass is 79.9. The Morgan fingerprint density at radius 2 is 1.90 bits per heavy atom. The molecule has 2 N–H and O–H groups in total. The molecule has 1 aliphatic heterocycles. The molecule has 3 rings (SSSR count). The zero-order valence-electron chi connectivity index (χ0n) is 10.8. The number of rotatable bonds is 2. The Morgan fingerprint density at radius 3 is 2.67 bits per heavy atom. The van der Waals surface area contributed by atoms with E-state index in [0.29, 0.717) is 11.3 Å². The molecule has 0 aliphatic carbocycles. The average molecular weight is 353 g/mol. The molecular formula is C15H11BrF2N2O. The third-order valence-corrected chi connectivity index (χ3v) is 4.22. The molecule has 1 amide bonds. The third kappa shape index (κ3) is 2.24. The summed E-state index contributed by atoms with van der Waals surface area (Å²) in [5.74, 6) is -2.21. The summed E-state index contributed by atoms with van der Waals surface area (Å²) in [6.07, 6.45) is 0. The first kappa shape index (κ1) is 14.2. The molecule has 2 aromatic carbocycles. The van der Waals surface area contributed by atoms with E-state index in [2.05, 4.69) is 15.9 Å². The van der Waals surface area contributed by atoms with Crippen LogP contribution in [-0.4, -0.2) is 5.91 Å². The van der Waals surface area contributed by atoms with Gasteiger partial charge >= 0.3 is 0 Å². The molecule has 0 bridgehead atoms. The second-order valence-corrected chi connectivity index (χ2v) is 5.64. The van der Waals surface area contributed by atoms with Crippen LogP contribution < -0.4 is 10.6 Å². The molecule has 0 radical (unpaired) electrons. The Labute approximate surface area is 128 Å². The van der Waals surface area contributed by atoms with E-state index in [-0.39, 0.29) is 18.0 Å². The molecule has 0 saturated carbocycles. The van der Waals surface area contributed by atoms with Gasteiger partial charge < -0.3 is 10.6 Å². The first-order valence-electron chi connectivity index (χ1n) is 6.29. The van der Waals surface area contributed by atoms with Crippen molar-refractivity contribution in [2.24, 2.45) is 5.73 Å². The molecule has 0 fully saturated rings. The predicted molar refractivity (Wildman–Crippen MR) is 78.6 cm³/mol. The summed E-state index contributed by atoms with van der Waals surface area (Å²) in [5.41, 5.74) is 7.31. The van der Waals surface area contributed by atoms with Crippen molar-refractivity contribution in [3.8, 4) is 0 Å². The molecule has 1 unspecified atom stereocenters. The highest BCUT2D eigenvalue weighted by Gasteiger charge is 2.36. The molecule has 0 aromatic heterocycles. The van der Waals surface area contributed by atoms with Crippen molar-refractivity contribution < 1.29 is 13.6 Å². The van der Waals surface area contributed by atoms with Gasteiger partial charge in [-0.3, -0.25) is 4.79 Å². The fourth-order valence-corrected chi connectivity index (χ4v) is 3.09. The van der Waals surface area contributed by atoms with Crippen LogP contribution in [0.15, 0.2) is 40.9 Å². The molecule has 6 heteroatoms. The van der Waals surface area contributed by atoms with Crippen LogP contribution in [0.4, 0.5) is 14.5 Å². The van der Waals surface area contributed by atoms with Crippen LogP contribution in [0.25, 0.3) is 0 Å². The Morgan fingerprint density at radius 1 is 1.19 bits per heavy atom. The number of hydrogen-bond acceptors (Lipinski definition) is 2. The highest BCUT2D eigenvalue weighted by Crippen LogP contribution is 2.40. The number of hydrogen-bond donors (Lipinski definition) is 1. The second kappa shape index (κ2) is 5.20. The van der Waals surface area contributed by atoms with E-state index in [9.17, 15) is 13.6 Å². The van der Waals surface area contributed by atoms with Crippen molar-refractivity contribution in [2.75, 3.05) is 4.90 Å². The molecule has 21 heavy (non-hydrogen) atoms. The number of halogens is 3. The number of amides is 1. The topological polar surface area (TPSA) is 46.3 Å². The van der Waals surface area contributed by atoms with Crippen molar-refractivity contribution in [3.05, 3.63) is 63.6 Å². The van der Waals surface area contributed by atoms with Gasteiger partial charge in [-0.1, -0.05) is 34.1 Å². The molecule has 1 heterocycles. The maximum absolute atomic E-state index is 13.8. The van der Waals surface area contributed by atoms with Gasteiger partial charge in [-0.05, 0) is 18.2 Å². The lowest BCUT2D eigenvalue weighted by molar-refractivity contribution is -0.119. The number of benzene rings is 2. The van der Waals surface area contributed by atoms with Gasteiger partial charge in [0.2, 0.25) is 5.91 Å². The average Bonchev–Trinajstić information content (AvgIpc) is 2.70. The van der Waals surface area contributed by atoms with Crippen LogP contribution >= 0.6 is 15.9 Å². The Bertz CT molecular complexity index is 736. The highest BCUT2D eigenvalue weighted by molar-refractivity contribution is 9.10. The van der Waals surface area contributed by atoms with E-state index in [0.717, 1.165) is 10.5 Å². The Kier molecular flexibility index (Phi) is 3.51. The van der Waals surface area contributed by atoms with Crippen LogP contribution in [-0.2, 0) is 11.3 Å². The lowest BCUT2D eigenvalue weighted by Crippen LogP contribution is -2.31. The first-order valence-corrected chi connectivity index (χ1v) is 7.08. The molecule has 3 nitrogen and oxygen atoms in total. The van der Waals surface area contributed by atoms with Gasteiger partial charge in [-0.25, -0.2) is 8.78 Å². The van der Waals surface area contributed by atoms with Crippen molar-refractivity contribution >= 4 is 27.5 Å². The summed E-state index contributed by atoms with van der Waals surface area (Å²) in [5, 5.41) is 0. The SMILES string of the molecule is NC1C(=O)N(Cc2cccc(F)c2F)c2cccc(Br)c21. The normalized spacial score (nSPS) is 17.2. The van der Waals surface area contributed by atoms with E-state index in [4.69, 9.17) is 5.73 Å². The van der Waals surface area contributed by atoms with Crippen molar-refractivity contribution in [1.82, 2.24) is 0 Å². The molecule has 2 aromatic rings. The van der Waals surface area contributed by atoms with E-state index >= 15 is 0 Å². The summed E-state index contributed by atoms with van der Waals surface area (Å²) in [4.78, 5) is 13.7. The predicted octanol–water partition coefficient (Wildman–Crippen LogP) is 3.27. The van der Waals surface area contributed by atoms with Gasteiger partial charge in [0, 0.05) is 15.6 Å². The molecular weight excluding hydrogens is 342 g/mol. The number of anilines is 1. The minimum absolute atomic E-state index is 0.0560. The van der Waals surface area contributed by atoms with Crippen LogP contribution in [0.5, 0.6) is 0 Å². The Hall–Kier alpha value is -1.79. The first-order chi connectivity index (χ1) is 10.0. The number of fused-ring (bicyclic) bond motifs is 1. The number of carbonyl (C=O) groups excluding carboxylic acids is 1. The third-order valence-electron chi connectivity index (χ3n) is 3.52. The molecule has 1 atom stereocenters. The Balaban J connectivity index is 2.03. The largest absolute Gasteiger partial charge is 0.316 e. The minimum Gasteiger partial charge on any atom is -0.316 e. The van der Waals surface area contributed by atoms with E-state index in [1.54, 1.807) is 18.2 Å². The minimum atomic E-state index is -0.942. The second-order valence-electron chi connectivity index (χ2n) is 4.79. The van der Waals surface area contributed by atoms with Gasteiger partial charge in [-0.15, -0.1) is 0 Å². The lowest BCUT2D eigenvalue weighted by atomic mass is 10.1. The van der Waals surface area contributed by atoms with E-state index in [1.807, 2.05) is 0 Å². The summed E-state index contributed by atoms with van der Waals surface area (Å²) in [7, 11) is 0. The monoisotopic (exact) mass is 352 g/mol. The number of carbonyl (C=O) groups is 1. The molecule has 0 spiro atoms. The van der Waals surface area contributed by atoms with Gasteiger partial charge in [0.05, 0.1) is 12.2 Å². The van der Waals surface area contributed by atoms with Gasteiger partial charge in [0.15, 0.2) is 11.6 Å². The van der Waals surface area contributed by atoms with Crippen molar-refractivity contribution in [3.63, 3.8) is 0 Å². The fraction of sp³-hybridized carbons (Fsp3) is 0.133. The fourth-order valence-electron chi connectivity index (χ4n) is 2.48. The quantitative estimate of drug-likeness (QED) is 0.901. The number of nitrogens with zero attached hydrogens (tertiary/aromatic N) is 1. The maximum Gasteiger partial charge on any atom is 0.248 e. The summed E-state index contributed by atoms with van der Waals surface area (Å²) in [6.45, 7) is -0.0560. The van der Waals surface area contributed by atoms with Crippen molar-refractivity contribution in [2.45, 2.75) is 12.6 Å². The summed E-state index contributed by atoms with van der Waals surface area (Å²) < 4.78 is 27.8. The van der Waals surface area contributed by atoms with Crippen LogP contribution in [0.2, 0.25) is 0 Å². The lowest BCUT2D eigenvalue weighted by Gasteiger charge is -2.18.